The summed E-state index contributed by atoms with van der Waals surface area (Å²) in [6.45, 7) is 4.77. The molecular formula is C16H21N3. The van der Waals surface area contributed by atoms with Gasteiger partial charge in [0, 0.05) is 31.0 Å². The molecule has 0 spiro atoms. The van der Waals surface area contributed by atoms with Crippen molar-refractivity contribution in [2.45, 2.75) is 25.8 Å². The first-order valence-electron chi connectivity index (χ1n) is 7.07. The summed E-state index contributed by atoms with van der Waals surface area (Å²) in [7, 11) is 2.04. The van der Waals surface area contributed by atoms with Gasteiger partial charge in [-0.2, -0.15) is 0 Å². The molecule has 0 amide bonds. The SMILES string of the molecule is CC(c1cccc(-c2nccn2C)c1)N1CCCC1. The van der Waals surface area contributed by atoms with E-state index >= 15 is 0 Å². The summed E-state index contributed by atoms with van der Waals surface area (Å²) >= 11 is 0. The molecule has 3 rings (SSSR count). The first-order chi connectivity index (χ1) is 9.25. The molecule has 1 aromatic heterocycles. The van der Waals surface area contributed by atoms with Gasteiger partial charge in [0.2, 0.25) is 0 Å². The van der Waals surface area contributed by atoms with Crippen molar-refractivity contribution in [1.29, 1.82) is 0 Å². The third-order valence-electron chi connectivity index (χ3n) is 4.14. The van der Waals surface area contributed by atoms with Crippen LogP contribution in [0, 0.1) is 0 Å². The molecule has 100 valence electrons. The molecule has 1 aliphatic heterocycles. The van der Waals surface area contributed by atoms with Crippen LogP contribution in [-0.2, 0) is 7.05 Å². The molecule has 2 aromatic rings. The first-order valence-corrected chi connectivity index (χ1v) is 7.07. The number of benzene rings is 1. The van der Waals surface area contributed by atoms with Crippen molar-refractivity contribution in [3.05, 3.63) is 42.2 Å². The minimum Gasteiger partial charge on any atom is -0.334 e. The first kappa shape index (κ1) is 12.4. The molecule has 1 unspecified atom stereocenters. The Bertz CT molecular complexity index is 553. The molecule has 0 saturated carbocycles. The van der Waals surface area contributed by atoms with Crippen molar-refractivity contribution < 1.29 is 0 Å². The van der Waals surface area contributed by atoms with Gasteiger partial charge >= 0.3 is 0 Å². The van der Waals surface area contributed by atoms with E-state index in [4.69, 9.17) is 0 Å². The van der Waals surface area contributed by atoms with Crippen LogP contribution < -0.4 is 0 Å². The minimum absolute atomic E-state index is 0.503. The molecule has 0 radical (unpaired) electrons. The van der Waals surface area contributed by atoms with Gasteiger partial charge in [-0.15, -0.1) is 0 Å². The highest BCUT2D eigenvalue weighted by Crippen LogP contribution is 2.27. The Morgan fingerprint density at radius 3 is 2.68 bits per heavy atom. The molecule has 1 aliphatic rings. The summed E-state index contributed by atoms with van der Waals surface area (Å²) < 4.78 is 2.07. The predicted molar refractivity (Wildman–Crippen MR) is 77.9 cm³/mol. The van der Waals surface area contributed by atoms with Crippen LogP contribution in [0.4, 0.5) is 0 Å². The Labute approximate surface area is 114 Å². The summed E-state index contributed by atoms with van der Waals surface area (Å²) in [6, 6.07) is 9.30. The number of imidazole rings is 1. The lowest BCUT2D eigenvalue weighted by Gasteiger charge is -2.24. The van der Waals surface area contributed by atoms with E-state index in [9.17, 15) is 0 Å². The zero-order valence-electron chi connectivity index (χ0n) is 11.7. The summed E-state index contributed by atoms with van der Waals surface area (Å²) in [5, 5.41) is 0. The number of likely N-dealkylation sites (tertiary alicyclic amines) is 1. The standard InChI is InChI=1S/C16H21N3/c1-13(19-9-3-4-10-19)14-6-5-7-15(12-14)16-17-8-11-18(16)2/h5-8,11-13H,3-4,9-10H2,1-2H3. The highest BCUT2D eigenvalue weighted by molar-refractivity contribution is 5.56. The third-order valence-corrected chi connectivity index (χ3v) is 4.14. The predicted octanol–water partition coefficient (Wildman–Crippen LogP) is 3.24. The van der Waals surface area contributed by atoms with Crippen molar-refractivity contribution in [3.8, 4) is 11.4 Å². The molecule has 3 nitrogen and oxygen atoms in total. The van der Waals surface area contributed by atoms with Crippen molar-refractivity contribution in [1.82, 2.24) is 14.5 Å². The molecule has 3 heteroatoms. The summed E-state index contributed by atoms with van der Waals surface area (Å²) in [5.74, 6) is 1.04. The van der Waals surface area contributed by atoms with E-state index in [0.29, 0.717) is 6.04 Å². The third kappa shape index (κ3) is 2.43. The van der Waals surface area contributed by atoms with Gasteiger partial charge in [0.15, 0.2) is 0 Å². The summed E-state index contributed by atoms with van der Waals surface area (Å²) in [4.78, 5) is 7.00. The van der Waals surface area contributed by atoms with E-state index in [2.05, 4.69) is 45.6 Å². The maximum absolute atomic E-state index is 4.43. The van der Waals surface area contributed by atoms with Crippen molar-refractivity contribution in [2.24, 2.45) is 7.05 Å². The molecule has 1 saturated heterocycles. The average molecular weight is 255 g/mol. The quantitative estimate of drug-likeness (QED) is 0.839. The molecule has 2 heterocycles. The number of aryl methyl sites for hydroxylation is 1. The molecule has 1 aromatic carbocycles. The van der Waals surface area contributed by atoms with Gasteiger partial charge in [-0.1, -0.05) is 18.2 Å². The van der Waals surface area contributed by atoms with Gasteiger partial charge in [-0.25, -0.2) is 4.98 Å². The van der Waals surface area contributed by atoms with E-state index in [0.717, 1.165) is 5.82 Å². The van der Waals surface area contributed by atoms with Crippen LogP contribution in [0.25, 0.3) is 11.4 Å². The van der Waals surface area contributed by atoms with Crippen LogP contribution in [0.1, 0.15) is 31.4 Å². The summed E-state index contributed by atoms with van der Waals surface area (Å²) in [6.07, 6.45) is 6.52. The maximum Gasteiger partial charge on any atom is 0.139 e. The molecule has 1 atom stereocenters. The largest absolute Gasteiger partial charge is 0.334 e. The fraction of sp³-hybridized carbons (Fsp3) is 0.438. The van der Waals surface area contributed by atoms with E-state index in [1.165, 1.54) is 37.1 Å². The molecule has 0 aliphatic carbocycles. The summed E-state index contributed by atoms with van der Waals surface area (Å²) in [5.41, 5.74) is 2.60. The molecule has 1 fully saturated rings. The number of rotatable bonds is 3. The van der Waals surface area contributed by atoms with Crippen molar-refractivity contribution >= 4 is 0 Å². The van der Waals surface area contributed by atoms with Gasteiger partial charge in [-0.05, 0) is 44.5 Å². The number of hydrogen-bond acceptors (Lipinski definition) is 2. The number of hydrogen-bond donors (Lipinski definition) is 0. The van der Waals surface area contributed by atoms with E-state index in [1.807, 2.05) is 19.4 Å². The van der Waals surface area contributed by atoms with E-state index in [1.54, 1.807) is 0 Å². The lowest BCUT2D eigenvalue weighted by molar-refractivity contribution is 0.263. The molecular weight excluding hydrogens is 234 g/mol. The van der Waals surface area contributed by atoms with E-state index in [-0.39, 0.29) is 0 Å². The molecule has 19 heavy (non-hydrogen) atoms. The lowest BCUT2D eigenvalue weighted by atomic mass is 10.0. The monoisotopic (exact) mass is 255 g/mol. The van der Waals surface area contributed by atoms with Crippen LogP contribution in [0.3, 0.4) is 0 Å². The zero-order chi connectivity index (χ0) is 13.2. The van der Waals surface area contributed by atoms with Crippen LogP contribution in [0.5, 0.6) is 0 Å². The Kier molecular flexibility index (Phi) is 3.38. The number of nitrogens with zero attached hydrogens (tertiary/aromatic N) is 3. The van der Waals surface area contributed by atoms with Crippen LogP contribution in [0.15, 0.2) is 36.7 Å². The minimum atomic E-state index is 0.503. The van der Waals surface area contributed by atoms with Crippen LogP contribution in [0.2, 0.25) is 0 Å². The lowest BCUT2D eigenvalue weighted by Crippen LogP contribution is -2.23. The highest BCUT2D eigenvalue weighted by Gasteiger charge is 2.19. The number of aromatic nitrogens is 2. The van der Waals surface area contributed by atoms with Crippen LogP contribution in [-0.4, -0.2) is 27.5 Å². The fourth-order valence-corrected chi connectivity index (χ4v) is 2.92. The van der Waals surface area contributed by atoms with Gasteiger partial charge in [0.05, 0.1) is 0 Å². The zero-order valence-corrected chi connectivity index (χ0v) is 11.7. The van der Waals surface area contributed by atoms with Gasteiger partial charge in [-0.3, -0.25) is 4.90 Å². The highest BCUT2D eigenvalue weighted by atomic mass is 15.2. The average Bonchev–Trinajstić information content (AvgIpc) is 3.09. The van der Waals surface area contributed by atoms with Crippen molar-refractivity contribution in [3.63, 3.8) is 0 Å². The Morgan fingerprint density at radius 1 is 1.21 bits per heavy atom. The second kappa shape index (κ2) is 5.17. The Morgan fingerprint density at radius 2 is 2.00 bits per heavy atom. The Balaban J connectivity index is 1.89. The second-order valence-electron chi connectivity index (χ2n) is 5.41. The van der Waals surface area contributed by atoms with Gasteiger partial charge < -0.3 is 4.57 Å². The van der Waals surface area contributed by atoms with Crippen LogP contribution >= 0.6 is 0 Å². The maximum atomic E-state index is 4.43. The Hall–Kier alpha value is -1.61. The van der Waals surface area contributed by atoms with E-state index < -0.39 is 0 Å². The van der Waals surface area contributed by atoms with Gasteiger partial charge in [0.25, 0.3) is 0 Å². The normalized spacial score (nSPS) is 17.8. The molecule has 0 N–H and O–H groups in total. The van der Waals surface area contributed by atoms with Crippen molar-refractivity contribution in [2.75, 3.05) is 13.1 Å². The fourth-order valence-electron chi connectivity index (χ4n) is 2.92. The topological polar surface area (TPSA) is 21.1 Å². The molecule has 0 bridgehead atoms. The second-order valence-corrected chi connectivity index (χ2v) is 5.41. The smallest absolute Gasteiger partial charge is 0.139 e. The van der Waals surface area contributed by atoms with Gasteiger partial charge in [0.1, 0.15) is 5.82 Å².